The number of hydrogen-bond acceptors (Lipinski definition) is 4. The van der Waals surface area contributed by atoms with Crippen molar-refractivity contribution in [2.24, 2.45) is 0 Å². The van der Waals surface area contributed by atoms with Crippen molar-refractivity contribution in [2.75, 3.05) is 0 Å². The number of carbonyl (C=O) groups excluding carboxylic acids is 2. The highest BCUT2D eigenvalue weighted by molar-refractivity contribution is 7.99. The molecule has 2 aliphatic heterocycles. The first-order chi connectivity index (χ1) is 12.6. The van der Waals surface area contributed by atoms with Crippen molar-refractivity contribution in [1.82, 2.24) is 10.6 Å². The van der Waals surface area contributed by atoms with E-state index in [0.717, 1.165) is 28.2 Å². The topological polar surface area (TPSA) is 58.2 Å². The molecule has 3 unspecified atom stereocenters. The summed E-state index contributed by atoms with van der Waals surface area (Å²) < 4.78 is 0. The third kappa shape index (κ3) is 3.55. The molecule has 2 fully saturated rings. The number of Topliss-reactive ketones (excluding diaryl/α,β-unsaturated/α-hetero) is 1. The predicted octanol–water partition coefficient (Wildman–Crippen LogP) is 3.66. The van der Waals surface area contributed by atoms with Gasteiger partial charge in [0.1, 0.15) is 0 Å². The highest BCUT2D eigenvalue weighted by atomic mass is 32.2. The molecule has 4 rings (SSSR count). The maximum absolute atomic E-state index is 12.5. The fraction of sp³-hybridized carbons (Fsp3) is 0.333. The van der Waals surface area contributed by atoms with Gasteiger partial charge in [-0.1, -0.05) is 30.0 Å². The molecule has 0 saturated carbocycles. The van der Waals surface area contributed by atoms with Crippen molar-refractivity contribution >= 4 is 23.5 Å². The summed E-state index contributed by atoms with van der Waals surface area (Å²) in [4.78, 5) is 26.2. The van der Waals surface area contributed by atoms with E-state index in [4.69, 9.17) is 0 Å². The second-order valence-electron chi connectivity index (χ2n) is 7.04. The molecule has 0 aliphatic carbocycles. The lowest BCUT2D eigenvalue weighted by Crippen LogP contribution is -2.42. The molecule has 26 heavy (non-hydrogen) atoms. The summed E-state index contributed by atoms with van der Waals surface area (Å²) in [6, 6.07) is 16.4. The van der Waals surface area contributed by atoms with Gasteiger partial charge >= 0.3 is 0 Å². The predicted molar refractivity (Wildman–Crippen MR) is 103 cm³/mol. The Kier molecular flexibility index (Phi) is 4.83. The molecule has 2 aliphatic rings. The third-order valence-corrected chi connectivity index (χ3v) is 6.31. The monoisotopic (exact) mass is 366 g/mol. The number of rotatable bonds is 5. The number of nitrogens with one attached hydrogen (secondary N) is 2. The molecule has 2 N–H and O–H groups in total. The highest BCUT2D eigenvalue weighted by Crippen LogP contribution is 2.31. The van der Waals surface area contributed by atoms with Gasteiger partial charge in [0, 0.05) is 39.0 Å². The number of carbonyl (C=O) groups is 2. The molecule has 0 spiro atoms. The maximum atomic E-state index is 12.5. The molecular weight excluding hydrogens is 344 g/mol. The summed E-state index contributed by atoms with van der Waals surface area (Å²) in [7, 11) is 0. The zero-order valence-electron chi connectivity index (χ0n) is 14.7. The zero-order chi connectivity index (χ0) is 18.1. The van der Waals surface area contributed by atoms with E-state index >= 15 is 0 Å². The van der Waals surface area contributed by atoms with Gasteiger partial charge in [-0.3, -0.25) is 9.59 Å². The minimum atomic E-state index is -0.00923. The van der Waals surface area contributed by atoms with Crippen LogP contribution < -0.4 is 10.6 Å². The van der Waals surface area contributed by atoms with Crippen LogP contribution in [-0.4, -0.2) is 29.8 Å². The van der Waals surface area contributed by atoms with Crippen molar-refractivity contribution in [3.05, 3.63) is 59.7 Å². The van der Waals surface area contributed by atoms with Crippen molar-refractivity contribution in [3.63, 3.8) is 0 Å². The van der Waals surface area contributed by atoms with Gasteiger partial charge in [-0.25, -0.2) is 0 Å². The summed E-state index contributed by atoms with van der Waals surface area (Å²) in [5.74, 6) is 0.0496. The number of amides is 1. The lowest BCUT2D eigenvalue weighted by Gasteiger charge is -2.21. The van der Waals surface area contributed by atoms with Crippen LogP contribution in [0.2, 0.25) is 0 Å². The number of ketones is 1. The van der Waals surface area contributed by atoms with Crippen LogP contribution in [0.3, 0.4) is 0 Å². The third-order valence-electron chi connectivity index (χ3n) is 5.23. The molecule has 3 atom stereocenters. The Morgan fingerprint density at radius 3 is 2.50 bits per heavy atom. The molecule has 2 saturated heterocycles. The zero-order valence-corrected chi connectivity index (χ0v) is 15.5. The minimum Gasteiger partial charge on any atom is -0.348 e. The summed E-state index contributed by atoms with van der Waals surface area (Å²) in [5.41, 5.74) is 1.40. The van der Waals surface area contributed by atoms with Crippen molar-refractivity contribution in [2.45, 2.75) is 54.1 Å². The Bertz CT molecular complexity index is 834. The van der Waals surface area contributed by atoms with Gasteiger partial charge < -0.3 is 10.6 Å². The number of hydrogen-bond donors (Lipinski definition) is 2. The van der Waals surface area contributed by atoms with Gasteiger partial charge in [0.15, 0.2) is 5.78 Å². The van der Waals surface area contributed by atoms with Crippen LogP contribution in [0.1, 0.15) is 46.9 Å². The number of benzene rings is 2. The van der Waals surface area contributed by atoms with E-state index in [2.05, 4.69) is 10.6 Å². The van der Waals surface area contributed by atoms with E-state index in [1.165, 1.54) is 6.42 Å². The highest BCUT2D eigenvalue weighted by Gasteiger charge is 2.39. The van der Waals surface area contributed by atoms with Crippen LogP contribution in [0, 0.1) is 0 Å². The Balaban J connectivity index is 1.42. The molecule has 0 aromatic heterocycles. The standard InChI is InChI=1S/C21H22N2O2S/c1-13(24)17-4-2-3-5-20(17)26-16-9-6-14(7-10-16)21(25)23-19-12-15-8-11-18(19)22-15/h2-7,9-10,15,18-19,22H,8,11-12H2,1H3,(H,23,25). The van der Waals surface area contributed by atoms with Gasteiger partial charge in [-0.05, 0) is 56.5 Å². The molecular formula is C21H22N2O2S. The van der Waals surface area contributed by atoms with Crippen molar-refractivity contribution in [3.8, 4) is 0 Å². The lowest BCUT2D eigenvalue weighted by molar-refractivity contribution is 0.0930. The molecule has 2 aromatic rings. The van der Waals surface area contributed by atoms with Crippen molar-refractivity contribution < 1.29 is 9.59 Å². The first-order valence-electron chi connectivity index (χ1n) is 9.05. The summed E-state index contributed by atoms with van der Waals surface area (Å²) in [5, 5.41) is 6.71. The molecule has 1 amide bonds. The first kappa shape index (κ1) is 17.3. The molecule has 2 aromatic carbocycles. The largest absolute Gasteiger partial charge is 0.348 e. The molecule has 2 heterocycles. The van der Waals surface area contributed by atoms with Gasteiger partial charge in [0.25, 0.3) is 5.91 Å². The average molecular weight is 366 g/mol. The fourth-order valence-electron chi connectivity index (χ4n) is 3.88. The SMILES string of the molecule is CC(=O)c1ccccc1Sc1ccc(C(=O)NC2CC3CCC2N3)cc1. The van der Waals surface area contributed by atoms with E-state index in [0.29, 0.717) is 17.6 Å². The van der Waals surface area contributed by atoms with E-state index in [9.17, 15) is 9.59 Å². The average Bonchev–Trinajstić information content (AvgIpc) is 3.25. The Morgan fingerprint density at radius 2 is 1.85 bits per heavy atom. The second-order valence-corrected chi connectivity index (χ2v) is 8.16. The minimum absolute atomic E-state index is 0.00923. The Hall–Kier alpha value is -2.11. The summed E-state index contributed by atoms with van der Waals surface area (Å²) in [6.45, 7) is 1.58. The second kappa shape index (κ2) is 7.25. The fourth-order valence-corrected chi connectivity index (χ4v) is 4.88. The van der Waals surface area contributed by atoms with Gasteiger partial charge in [0.2, 0.25) is 0 Å². The van der Waals surface area contributed by atoms with Crippen LogP contribution in [0.15, 0.2) is 58.3 Å². The van der Waals surface area contributed by atoms with Crippen LogP contribution in [0.4, 0.5) is 0 Å². The smallest absolute Gasteiger partial charge is 0.251 e. The molecule has 134 valence electrons. The molecule has 0 radical (unpaired) electrons. The Labute approximate surface area is 157 Å². The lowest BCUT2D eigenvalue weighted by atomic mass is 9.95. The van der Waals surface area contributed by atoms with Crippen LogP contribution in [0.5, 0.6) is 0 Å². The quantitative estimate of drug-likeness (QED) is 0.793. The molecule has 2 bridgehead atoms. The molecule has 5 heteroatoms. The van der Waals surface area contributed by atoms with Crippen LogP contribution >= 0.6 is 11.8 Å². The Morgan fingerprint density at radius 1 is 1.08 bits per heavy atom. The van der Waals surface area contributed by atoms with E-state index in [1.54, 1.807) is 18.7 Å². The van der Waals surface area contributed by atoms with Gasteiger partial charge in [-0.2, -0.15) is 0 Å². The van der Waals surface area contributed by atoms with E-state index < -0.39 is 0 Å². The van der Waals surface area contributed by atoms with Gasteiger partial charge in [-0.15, -0.1) is 0 Å². The van der Waals surface area contributed by atoms with Crippen molar-refractivity contribution in [1.29, 1.82) is 0 Å². The number of fused-ring (bicyclic) bond motifs is 2. The van der Waals surface area contributed by atoms with Gasteiger partial charge in [0.05, 0.1) is 0 Å². The summed E-state index contributed by atoms with van der Waals surface area (Å²) >= 11 is 1.54. The van der Waals surface area contributed by atoms with E-state index in [1.807, 2.05) is 48.5 Å². The van der Waals surface area contributed by atoms with Crippen LogP contribution in [-0.2, 0) is 0 Å². The molecule has 4 nitrogen and oxygen atoms in total. The maximum Gasteiger partial charge on any atom is 0.251 e. The van der Waals surface area contributed by atoms with Crippen LogP contribution in [0.25, 0.3) is 0 Å². The summed E-state index contributed by atoms with van der Waals surface area (Å²) in [6.07, 6.45) is 3.41. The first-order valence-corrected chi connectivity index (χ1v) is 9.86. The normalized spacial score (nSPS) is 23.8. The van der Waals surface area contributed by atoms with E-state index in [-0.39, 0.29) is 17.7 Å².